The van der Waals surface area contributed by atoms with Crippen molar-refractivity contribution in [3.63, 3.8) is 0 Å². The number of aryl methyl sites for hydroxylation is 1. The van der Waals surface area contributed by atoms with Crippen LogP contribution in [0.3, 0.4) is 0 Å². The second-order valence-electron chi connectivity index (χ2n) is 6.74. The Balaban J connectivity index is 1.59. The highest BCUT2D eigenvalue weighted by Crippen LogP contribution is 2.35. The predicted molar refractivity (Wildman–Crippen MR) is 100 cm³/mol. The zero-order chi connectivity index (χ0) is 20.3. The number of hydrogen-bond acceptors (Lipinski definition) is 4. The Morgan fingerprint density at radius 3 is 2.75 bits per heavy atom. The van der Waals surface area contributed by atoms with Gasteiger partial charge in [-0.25, -0.2) is 4.79 Å². The van der Waals surface area contributed by atoms with Crippen LogP contribution in [0.1, 0.15) is 45.4 Å². The molecule has 0 saturated carbocycles. The van der Waals surface area contributed by atoms with E-state index in [4.69, 9.17) is 4.74 Å². The first-order valence-electron chi connectivity index (χ1n) is 9.02. The number of esters is 1. The van der Waals surface area contributed by atoms with Crippen LogP contribution in [0.4, 0.5) is 18.9 Å². The van der Waals surface area contributed by atoms with Gasteiger partial charge in [-0.2, -0.15) is 13.2 Å². The van der Waals surface area contributed by atoms with Crippen LogP contribution in [0.15, 0.2) is 30.3 Å². The van der Waals surface area contributed by atoms with Crippen LogP contribution < -0.4 is 5.32 Å². The average molecular weight is 411 g/mol. The van der Waals surface area contributed by atoms with Gasteiger partial charge in [-0.15, -0.1) is 11.3 Å². The number of hydrogen-bond donors (Lipinski definition) is 1. The van der Waals surface area contributed by atoms with Gasteiger partial charge in [0.2, 0.25) is 0 Å². The monoisotopic (exact) mass is 411 g/mol. The van der Waals surface area contributed by atoms with E-state index >= 15 is 0 Å². The van der Waals surface area contributed by atoms with Gasteiger partial charge in [0.05, 0.1) is 11.3 Å². The molecule has 4 nitrogen and oxygen atoms in total. The molecule has 0 fully saturated rings. The molecule has 1 aliphatic rings. The summed E-state index contributed by atoms with van der Waals surface area (Å²) in [5.41, 5.74) is -0.169. The molecule has 150 valence electrons. The number of halogens is 3. The summed E-state index contributed by atoms with van der Waals surface area (Å²) in [5.74, 6) is -0.838. The number of alkyl halides is 3. The molecule has 1 amide bonds. The highest BCUT2D eigenvalue weighted by Gasteiger charge is 2.33. The molecular weight excluding hydrogens is 391 g/mol. The Kier molecular flexibility index (Phi) is 6.07. The van der Waals surface area contributed by atoms with Gasteiger partial charge in [0.15, 0.2) is 6.61 Å². The Hall–Kier alpha value is -2.35. The summed E-state index contributed by atoms with van der Waals surface area (Å²) >= 11 is 1.36. The maximum atomic E-state index is 13.0. The molecule has 1 aliphatic carbocycles. The zero-order valence-corrected chi connectivity index (χ0v) is 16.1. The maximum absolute atomic E-state index is 13.0. The molecule has 1 aromatic carbocycles. The number of anilines is 1. The molecule has 1 atom stereocenters. The molecule has 1 aromatic heterocycles. The largest absolute Gasteiger partial charge is 0.451 e. The number of carbonyl (C=O) groups excluding carboxylic acids is 2. The third-order valence-corrected chi connectivity index (χ3v) is 6.02. The minimum Gasteiger partial charge on any atom is -0.451 e. The van der Waals surface area contributed by atoms with Crippen LogP contribution in [0.5, 0.6) is 0 Å². The topological polar surface area (TPSA) is 55.4 Å². The second kappa shape index (κ2) is 8.34. The number of benzene rings is 1. The van der Waals surface area contributed by atoms with E-state index in [1.165, 1.54) is 28.3 Å². The molecule has 28 heavy (non-hydrogen) atoms. The number of carbonyl (C=O) groups is 2. The number of rotatable bonds is 5. The molecule has 0 saturated heterocycles. The lowest BCUT2D eigenvalue weighted by atomic mass is 9.87. The van der Waals surface area contributed by atoms with E-state index in [1.54, 1.807) is 6.07 Å². The van der Waals surface area contributed by atoms with E-state index in [9.17, 15) is 22.8 Å². The fourth-order valence-corrected chi connectivity index (χ4v) is 4.38. The third kappa shape index (κ3) is 4.73. The van der Waals surface area contributed by atoms with Gasteiger partial charge in [-0.05, 0) is 48.9 Å². The number of amides is 1. The number of thiophene rings is 1. The van der Waals surface area contributed by atoms with Crippen LogP contribution in [0.25, 0.3) is 0 Å². The first kappa shape index (κ1) is 20.4. The summed E-state index contributed by atoms with van der Waals surface area (Å²) in [6, 6.07) is 6.46. The van der Waals surface area contributed by atoms with Crippen molar-refractivity contribution in [1.29, 1.82) is 0 Å². The minimum atomic E-state index is -4.59. The van der Waals surface area contributed by atoms with E-state index in [0.29, 0.717) is 10.8 Å². The number of fused-ring (bicyclic) bond motifs is 1. The summed E-state index contributed by atoms with van der Waals surface area (Å²) in [4.78, 5) is 25.8. The third-order valence-electron chi connectivity index (χ3n) is 4.80. The molecule has 1 N–H and O–H groups in total. The van der Waals surface area contributed by atoms with E-state index in [1.807, 2.05) is 0 Å². The van der Waals surface area contributed by atoms with Crippen molar-refractivity contribution >= 4 is 28.9 Å². The first-order valence-corrected chi connectivity index (χ1v) is 9.84. The standard InChI is InChI=1S/C20H20F3NO3S/c1-2-12-7-8-16-13(9-12)10-17(28-16)19(26)27-11-18(25)24-15-6-4-3-5-14(15)20(21,22)23/h3-6,10,12H,2,7-9,11H2,1H3,(H,24,25)/t12-/m0/s1. The quantitative estimate of drug-likeness (QED) is 0.699. The van der Waals surface area contributed by atoms with Gasteiger partial charge in [0, 0.05) is 4.88 Å². The summed E-state index contributed by atoms with van der Waals surface area (Å²) < 4.78 is 43.9. The maximum Gasteiger partial charge on any atom is 0.418 e. The molecule has 8 heteroatoms. The molecule has 0 radical (unpaired) electrons. The van der Waals surface area contributed by atoms with Crippen LogP contribution in [0.2, 0.25) is 0 Å². The van der Waals surface area contributed by atoms with Crippen molar-refractivity contribution in [3.8, 4) is 0 Å². The fraction of sp³-hybridized carbons (Fsp3) is 0.400. The van der Waals surface area contributed by atoms with Gasteiger partial charge >= 0.3 is 12.1 Å². The van der Waals surface area contributed by atoms with Crippen molar-refractivity contribution in [2.75, 3.05) is 11.9 Å². The highest BCUT2D eigenvalue weighted by molar-refractivity contribution is 7.14. The molecular formula is C20H20F3NO3S. The van der Waals surface area contributed by atoms with Gasteiger partial charge in [0.25, 0.3) is 5.91 Å². The van der Waals surface area contributed by atoms with E-state index in [0.717, 1.165) is 43.4 Å². The Morgan fingerprint density at radius 1 is 1.29 bits per heavy atom. The molecule has 0 unspecified atom stereocenters. The predicted octanol–water partition coefficient (Wildman–Crippen LogP) is 5.08. The van der Waals surface area contributed by atoms with Gasteiger partial charge in [-0.1, -0.05) is 25.5 Å². The lowest BCUT2D eigenvalue weighted by Gasteiger charge is -2.19. The Labute approximate surface area is 164 Å². The highest BCUT2D eigenvalue weighted by atomic mass is 32.1. The lowest BCUT2D eigenvalue weighted by Crippen LogP contribution is -2.22. The summed E-state index contributed by atoms with van der Waals surface area (Å²) in [7, 11) is 0. The molecule has 2 aromatic rings. The van der Waals surface area contributed by atoms with Crippen LogP contribution >= 0.6 is 11.3 Å². The van der Waals surface area contributed by atoms with Gasteiger partial charge in [-0.3, -0.25) is 4.79 Å². The van der Waals surface area contributed by atoms with Crippen molar-refractivity contribution in [2.24, 2.45) is 5.92 Å². The summed E-state index contributed by atoms with van der Waals surface area (Å²) in [5, 5.41) is 2.15. The molecule has 3 rings (SSSR count). The average Bonchev–Trinajstić information content (AvgIpc) is 3.09. The summed E-state index contributed by atoms with van der Waals surface area (Å²) in [6.45, 7) is 1.50. The molecule has 1 heterocycles. The van der Waals surface area contributed by atoms with E-state index in [2.05, 4.69) is 12.2 Å². The summed E-state index contributed by atoms with van der Waals surface area (Å²) in [6.07, 6.45) is -0.536. The van der Waals surface area contributed by atoms with Gasteiger partial charge in [0.1, 0.15) is 4.88 Å². The smallest absolute Gasteiger partial charge is 0.418 e. The van der Waals surface area contributed by atoms with Crippen LogP contribution in [-0.2, 0) is 28.5 Å². The number of ether oxygens (including phenoxy) is 1. The van der Waals surface area contributed by atoms with Crippen LogP contribution in [0, 0.1) is 5.92 Å². The second-order valence-corrected chi connectivity index (χ2v) is 7.88. The van der Waals surface area contributed by atoms with Gasteiger partial charge < -0.3 is 10.1 Å². The molecule has 0 spiro atoms. The zero-order valence-electron chi connectivity index (χ0n) is 15.3. The van der Waals surface area contributed by atoms with Crippen molar-refractivity contribution in [1.82, 2.24) is 0 Å². The van der Waals surface area contributed by atoms with Crippen LogP contribution in [-0.4, -0.2) is 18.5 Å². The van der Waals surface area contributed by atoms with Crippen molar-refractivity contribution in [2.45, 2.75) is 38.8 Å². The Bertz CT molecular complexity index is 876. The number of nitrogens with one attached hydrogen (secondary N) is 1. The van der Waals surface area contributed by atoms with E-state index in [-0.39, 0.29) is 5.69 Å². The first-order chi connectivity index (χ1) is 13.3. The molecule has 0 aliphatic heterocycles. The lowest BCUT2D eigenvalue weighted by molar-refractivity contribution is -0.137. The minimum absolute atomic E-state index is 0.367. The SMILES string of the molecule is CC[C@H]1CCc2sc(C(=O)OCC(=O)Nc3ccccc3C(F)(F)F)cc2C1. The van der Waals surface area contributed by atoms with Crippen molar-refractivity contribution in [3.05, 3.63) is 51.2 Å². The van der Waals surface area contributed by atoms with E-state index < -0.39 is 30.2 Å². The normalized spacial score (nSPS) is 16.4. The number of para-hydroxylation sites is 1. The fourth-order valence-electron chi connectivity index (χ4n) is 3.28. The molecule has 0 bridgehead atoms. The van der Waals surface area contributed by atoms with Crippen molar-refractivity contribution < 1.29 is 27.5 Å². The Morgan fingerprint density at radius 2 is 2.04 bits per heavy atom.